The number of hydrogen-bond acceptors (Lipinski definition) is 3. The lowest BCUT2D eigenvalue weighted by molar-refractivity contribution is -0.145. The van der Waals surface area contributed by atoms with Gasteiger partial charge in [0.05, 0.1) is 5.92 Å². The summed E-state index contributed by atoms with van der Waals surface area (Å²) in [6, 6.07) is 0.545. The molecule has 92 valence electrons. The lowest BCUT2D eigenvalue weighted by atomic mass is 9.72. The monoisotopic (exact) mass is 226 g/mol. The summed E-state index contributed by atoms with van der Waals surface area (Å²) in [5.41, 5.74) is 0. The number of rotatable bonds is 2. The number of carboxylic acids is 1. The van der Waals surface area contributed by atoms with Crippen molar-refractivity contribution in [3.05, 3.63) is 0 Å². The summed E-state index contributed by atoms with van der Waals surface area (Å²) in [5, 5.41) is 15.9. The molecule has 2 aliphatic rings. The van der Waals surface area contributed by atoms with E-state index < -0.39 is 5.97 Å². The number of carbonyl (C=O) groups is 1. The summed E-state index contributed by atoms with van der Waals surface area (Å²) < 4.78 is 0. The number of hydrogen-bond donors (Lipinski definition) is 3. The van der Waals surface area contributed by atoms with Crippen LogP contribution in [0.2, 0.25) is 0 Å². The number of piperidine rings is 2. The quantitative estimate of drug-likeness (QED) is 0.648. The van der Waals surface area contributed by atoms with Gasteiger partial charge < -0.3 is 15.7 Å². The van der Waals surface area contributed by atoms with Gasteiger partial charge in [0.25, 0.3) is 0 Å². The minimum atomic E-state index is -0.622. The van der Waals surface area contributed by atoms with Crippen molar-refractivity contribution in [2.24, 2.45) is 17.8 Å². The van der Waals surface area contributed by atoms with Gasteiger partial charge in [0.1, 0.15) is 0 Å². The SMILES string of the molecule is CC1CC(C2CCNCC2C(=O)O)CCN1. The predicted octanol–water partition coefficient (Wildman–Crippen LogP) is 0.685. The Morgan fingerprint density at radius 3 is 2.81 bits per heavy atom. The maximum atomic E-state index is 11.2. The Labute approximate surface area is 96.8 Å². The summed E-state index contributed by atoms with van der Waals surface area (Å²) in [4.78, 5) is 11.2. The third kappa shape index (κ3) is 2.55. The molecule has 0 aliphatic carbocycles. The predicted molar refractivity (Wildman–Crippen MR) is 62.3 cm³/mol. The third-order valence-corrected chi connectivity index (χ3v) is 4.12. The zero-order valence-corrected chi connectivity index (χ0v) is 9.91. The van der Waals surface area contributed by atoms with E-state index in [1.54, 1.807) is 0 Å². The summed E-state index contributed by atoms with van der Waals surface area (Å²) in [6.07, 6.45) is 3.29. The van der Waals surface area contributed by atoms with Crippen LogP contribution in [0.4, 0.5) is 0 Å². The fourth-order valence-electron chi connectivity index (χ4n) is 3.27. The van der Waals surface area contributed by atoms with Crippen LogP contribution < -0.4 is 10.6 Å². The first kappa shape index (κ1) is 11.9. The fraction of sp³-hybridized carbons (Fsp3) is 0.917. The Balaban J connectivity index is 2.01. The molecule has 0 aromatic carbocycles. The molecule has 0 aromatic heterocycles. The Morgan fingerprint density at radius 2 is 2.12 bits per heavy atom. The molecule has 16 heavy (non-hydrogen) atoms. The van der Waals surface area contributed by atoms with Gasteiger partial charge in [-0.3, -0.25) is 4.79 Å². The molecule has 2 aliphatic heterocycles. The van der Waals surface area contributed by atoms with Crippen molar-refractivity contribution in [1.29, 1.82) is 0 Å². The van der Waals surface area contributed by atoms with Crippen LogP contribution in [-0.4, -0.2) is 36.8 Å². The zero-order chi connectivity index (χ0) is 11.5. The molecule has 2 heterocycles. The van der Waals surface area contributed by atoms with Gasteiger partial charge in [-0.2, -0.15) is 0 Å². The second-order valence-electron chi connectivity index (χ2n) is 5.24. The largest absolute Gasteiger partial charge is 0.481 e. The van der Waals surface area contributed by atoms with Gasteiger partial charge in [0.15, 0.2) is 0 Å². The zero-order valence-electron chi connectivity index (χ0n) is 9.91. The molecule has 0 bridgehead atoms. The summed E-state index contributed by atoms with van der Waals surface area (Å²) >= 11 is 0. The van der Waals surface area contributed by atoms with Crippen LogP contribution >= 0.6 is 0 Å². The third-order valence-electron chi connectivity index (χ3n) is 4.12. The van der Waals surface area contributed by atoms with E-state index in [1.165, 1.54) is 0 Å². The Morgan fingerprint density at radius 1 is 1.31 bits per heavy atom. The first-order valence-corrected chi connectivity index (χ1v) is 6.35. The molecule has 2 rings (SSSR count). The van der Waals surface area contributed by atoms with Crippen LogP contribution in [-0.2, 0) is 4.79 Å². The van der Waals surface area contributed by atoms with E-state index in [-0.39, 0.29) is 5.92 Å². The Bertz CT molecular complexity index is 257. The highest BCUT2D eigenvalue weighted by Gasteiger charge is 2.37. The van der Waals surface area contributed by atoms with Crippen LogP contribution in [0.15, 0.2) is 0 Å². The highest BCUT2D eigenvalue weighted by atomic mass is 16.4. The van der Waals surface area contributed by atoms with Crippen molar-refractivity contribution in [2.75, 3.05) is 19.6 Å². The van der Waals surface area contributed by atoms with Crippen molar-refractivity contribution in [2.45, 2.75) is 32.2 Å². The molecular weight excluding hydrogens is 204 g/mol. The maximum Gasteiger partial charge on any atom is 0.308 e. The topological polar surface area (TPSA) is 61.4 Å². The van der Waals surface area contributed by atoms with E-state index in [4.69, 9.17) is 0 Å². The normalized spacial score (nSPS) is 40.6. The Kier molecular flexibility index (Phi) is 3.82. The average molecular weight is 226 g/mol. The average Bonchev–Trinajstić information content (AvgIpc) is 2.29. The molecule has 0 spiro atoms. The highest BCUT2D eigenvalue weighted by molar-refractivity contribution is 5.70. The number of carboxylic acid groups (broad SMARTS) is 1. The van der Waals surface area contributed by atoms with Crippen LogP contribution in [0.25, 0.3) is 0 Å². The lowest BCUT2D eigenvalue weighted by Crippen LogP contribution is -2.47. The molecule has 0 radical (unpaired) electrons. The van der Waals surface area contributed by atoms with E-state index in [0.717, 1.165) is 32.4 Å². The van der Waals surface area contributed by atoms with Crippen molar-refractivity contribution in [3.8, 4) is 0 Å². The van der Waals surface area contributed by atoms with Crippen LogP contribution in [0.5, 0.6) is 0 Å². The number of nitrogens with one attached hydrogen (secondary N) is 2. The van der Waals surface area contributed by atoms with E-state index in [0.29, 0.717) is 24.4 Å². The van der Waals surface area contributed by atoms with Crippen LogP contribution in [0.3, 0.4) is 0 Å². The molecule has 4 heteroatoms. The van der Waals surface area contributed by atoms with Gasteiger partial charge in [0, 0.05) is 12.6 Å². The first-order valence-electron chi connectivity index (χ1n) is 6.35. The second kappa shape index (κ2) is 5.15. The highest BCUT2D eigenvalue weighted by Crippen LogP contribution is 2.34. The molecule has 2 saturated heterocycles. The van der Waals surface area contributed by atoms with Gasteiger partial charge >= 0.3 is 5.97 Å². The van der Waals surface area contributed by atoms with Crippen molar-refractivity contribution < 1.29 is 9.90 Å². The standard InChI is InChI=1S/C12H22N2O2/c1-8-6-9(2-5-14-8)10-3-4-13-7-11(10)12(15)16/h8-11,13-14H,2-7H2,1H3,(H,15,16). The minimum absolute atomic E-state index is 0.177. The van der Waals surface area contributed by atoms with Crippen LogP contribution in [0.1, 0.15) is 26.2 Å². The van der Waals surface area contributed by atoms with Crippen molar-refractivity contribution in [3.63, 3.8) is 0 Å². The molecule has 2 fully saturated rings. The van der Waals surface area contributed by atoms with Gasteiger partial charge in [-0.15, -0.1) is 0 Å². The molecule has 4 atom stereocenters. The molecule has 4 unspecified atom stereocenters. The molecular formula is C12H22N2O2. The molecule has 0 aromatic rings. The lowest BCUT2D eigenvalue weighted by Gasteiger charge is -2.39. The molecule has 0 saturated carbocycles. The van der Waals surface area contributed by atoms with E-state index in [1.807, 2.05) is 0 Å². The van der Waals surface area contributed by atoms with Crippen molar-refractivity contribution in [1.82, 2.24) is 10.6 Å². The van der Waals surface area contributed by atoms with Gasteiger partial charge in [0.2, 0.25) is 0 Å². The molecule has 3 N–H and O–H groups in total. The van der Waals surface area contributed by atoms with Crippen LogP contribution in [0, 0.1) is 17.8 Å². The molecule has 4 nitrogen and oxygen atoms in total. The van der Waals surface area contributed by atoms with Gasteiger partial charge in [-0.25, -0.2) is 0 Å². The van der Waals surface area contributed by atoms with Crippen molar-refractivity contribution >= 4 is 5.97 Å². The summed E-state index contributed by atoms with van der Waals surface area (Å²) in [5.74, 6) is 0.176. The van der Waals surface area contributed by atoms with E-state index >= 15 is 0 Å². The van der Waals surface area contributed by atoms with E-state index in [9.17, 15) is 9.90 Å². The first-order chi connectivity index (χ1) is 7.68. The summed E-state index contributed by atoms with van der Waals surface area (Å²) in [6.45, 7) is 4.87. The van der Waals surface area contributed by atoms with E-state index in [2.05, 4.69) is 17.6 Å². The minimum Gasteiger partial charge on any atom is -0.481 e. The number of aliphatic carboxylic acids is 1. The molecule has 0 amide bonds. The second-order valence-corrected chi connectivity index (χ2v) is 5.24. The van der Waals surface area contributed by atoms with Gasteiger partial charge in [-0.05, 0) is 51.1 Å². The van der Waals surface area contributed by atoms with Gasteiger partial charge in [-0.1, -0.05) is 0 Å². The Hall–Kier alpha value is -0.610. The smallest absolute Gasteiger partial charge is 0.308 e. The summed E-state index contributed by atoms with van der Waals surface area (Å²) in [7, 11) is 0. The maximum absolute atomic E-state index is 11.2. The fourth-order valence-corrected chi connectivity index (χ4v) is 3.27.